The van der Waals surface area contributed by atoms with E-state index in [1.54, 1.807) is 0 Å². The van der Waals surface area contributed by atoms with Gasteiger partial charge in [0.1, 0.15) is 0 Å². The van der Waals surface area contributed by atoms with Crippen LogP contribution in [0.5, 0.6) is 0 Å². The summed E-state index contributed by atoms with van der Waals surface area (Å²) in [5.41, 5.74) is 8.17. The maximum atomic E-state index is 9.28. The zero-order valence-electron chi connectivity index (χ0n) is 9.76. The number of nitrogens with two attached hydrogens (primary N) is 1. The Hall–Kier alpha value is -1.06. The summed E-state index contributed by atoms with van der Waals surface area (Å²) in [5, 5.41) is 9.28. The SMILES string of the molecule is CC(N)c1ccc(N2CCCC2CO)cc1. The Morgan fingerprint density at radius 1 is 1.44 bits per heavy atom. The molecule has 16 heavy (non-hydrogen) atoms. The molecule has 0 radical (unpaired) electrons. The normalized spacial score (nSPS) is 22.4. The van der Waals surface area contributed by atoms with Gasteiger partial charge in [-0.05, 0) is 37.5 Å². The lowest BCUT2D eigenvalue weighted by molar-refractivity contribution is 0.266. The van der Waals surface area contributed by atoms with E-state index in [2.05, 4.69) is 29.2 Å². The summed E-state index contributed by atoms with van der Waals surface area (Å²) < 4.78 is 0. The highest BCUT2D eigenvalue weighted by Crippen LogP contribution is 2.26. The Bertz CT molecular complexity index is 334. The first kappa shape index (κ1) is 11.4. The number of anilines is 1. The fraction of sp³-hybridized carbons (Fsp3) is 0.538. The second-order valence-electron chi connectivity index (χ2n) is 4.55. The molecule has 1 aliphatic rings. The van der Waals surface area contributed by atoms with E-state index in [0.29, 0.717) is 6.04 Å². The van der Waals surface area contributed by atoms with Gasteiger partial charge in [-0.3, -0.25) is 0 Å². The third-order valence-corrected chi connectivity index (χ3v) is 3.34. The Morgan fingerprint density at radius 3 is 2.69 bits per heavy atom. The van der Waals surface area contributed by atoms with E-state index < -0.39 is 0 Å². The first-order valence-electron chi connectivity index (χ1n) is 5.95. The lowest BCUT2D eigenvalue weighted by Gasteiger charge is -2.25. The van der Waals surface area contributed by atoms with E-state index in [1.807, 2.05) is 6.92 Å². The average molecular weight is 220 g/mol. The predicted octanol–water partition coefficient (Wildman–Crippen LogP) is 1.67. The first-order valence-corrected chi connectivity index (χ1v) is 5.95. The van der Waals surface area contributed by atoms with E-state index >= 15 is 0 Å². The molecule has 88 valence electrons. The molecular formula is C13H20N2O. The van der Waals surface area contributed by atoms with Crippen LogP contribution in [-0.4, -0.2) is 24.3 Å². The Balaban J connectivity index is 2.15. The number of rotatable bonds is 3. The lowest BCUT2D eigenvalue weighted by atomic mass is 10.1. The molecule has 3 heteroatoms. The van der Waals surface area contributed by atoms with Crippen molar-refractivity contribution in [3.63, 3.8) is 0 Å². The smallest absolute Gasteiger partial charge is 0.0635 e. The van der Waals surface area contributed by atoms with Crippen molar-refractivity contribution in [3.8, 4) is 0 Å². The number of aliphatic hydroxyl groups is 1. The summed E-state index contributed by atoms with van der Waals surface area (Å²) in [6, 6.07) is 8.74. The van der Waals surface area contributed by atoms with E-state index in [-0.39, 0.29) is 12.6 Å². The molecule has 0 aromatic heterocycles. The van der Waals surface area contributed by atoms with Gasteiger partial charge in [-0.1, -0.05) is 12.1 Å². The van der Waals surface area contributed by atoms with Gasteiger partial charge >= 0.3 is 0 Å². The number of hydrogen-bond donors (Lipinski definition) is 2. The van der Waals surface area contributed by atoms with Crippen molar-refractivity contribution in [3.05, 3.63) is 29.8 Å². The van der Waals surface area contributed by atoms with E-state index in [4.69, 9.17) is 5.73 Å². The van der Waals surface area contributed by atoms with Crippen molar-refractivity contribution in [1.82, 2.24) is 0 Å². The third-order valence-electron chi connectivity index (χ3n) is 3.34. The van der Waals surface area contributed by atoms with Crippen LogP contribution in [0.25, 0.3) is 0 Å². The minimum Gasteiger partial charge on any atom is -0.394 e. The molecule has 1 aromatic rings. The molecule has 3 nitrogen and oxygen atoms in total. The van der Waals surface area contributed by atoms with Gasteiger partial charge in [0.2, 0.25) is 0 Å². The number of aliphatic hydroxyl groups excluding tert-OH is 1. The van der Waals surface area contributed by atoms with E-state index in [0.717, 1.165) is 18.5 Å². The van der Waals surface area contributed by atoms with Crippen LogP contribution in [0.15, 0.2) is 24.3 Å². The molecule has 1 aromatic carbocycles. The average Bonchev–Trinajstić information content (AvgIpc) is 2.77. The van der Waals surface area contributed by atoms with Crippen LogP contribution in [0.2, 0.25) is 0 Å². The number of benzene rings is 1. The van der Waals surface area contributed by atoms with Gasteiger partial charge in [-0.15, -0.1) is 0 Å². The Labute approximate surface area is 96.9 Å². The summed E-state index contributed by atoms with van der Waals surface area (Å²) in [5.74, 6) is 0. The number of nitrogens with zero attached hydrogens (tertiary/aromatic N) is 1. The van der Waals surface area contributed by atoms with Crippen LogP contribution in [0.1, 0.15) is 31.4 Å². The maximum Gasteiger partial charge on any atom is 0.0635 e. The lowest BCUT2D eigenvalue weighted by Crippen LogP contribution is -2.31. The molecule has 1 saturated heterocycles. The van der Waals surface area contributed by atoms with E-state index in [1.165, 1.54) is 12.1 Å². The monoisotopic (exact) mass is 220 g/mol. The molecule has 0 aliphatic carbocycles. The van der Waals surface area contributed by atoms with Crippen LogP contribution in [-0.2, 0) is 0 Å². The standard InChI is InChI=1S/C13H20N2O/c1-10(14)11-4-6-12(7-5-11)15-8-2-3-13(15)9-16/h4-7,10,13,16H,2-3,8-9,14H2,1H3. The van der Waals surface area contributed by atoms with Crippen LogP contribution in [0.3, 0.4) is 0 Å². The molecule has 0 spiro atoms. The van der Waals surface area contributed by atoms with Crippen LogP contribution < -0.4 is 10.6 Å². The van der Waals surface area contributed by atoms with Crippen LogP contribution >= 0.6 is 0 Å². The summed E-state index contributed by atoms with van der Waals surface area (Å²) in [6.07, 6.45) is 2.26. The van der Waals surface area contributed by atoms with Gasteiger partial charge < -0.3 is 15.7 Å². The Morgan fingerprint density at radius 2 is 2.12 bits per heavy atom. The second-order valence-corrected chi connectivity index (χ2v) is 4.55. The van der Waals surface area contributed by atoms with Gasteiger partial charge in [0, 0.05) is 18.3 Å². The fourth-order valence-electron chi connectivity index (χ4n) is 2.33. The maximum absolute atomic E-state index is 9.28. The molecule has 1 aliphatic heterocycles. The molecule has 2 atom stereocenters. The molecular weight excluding hydrogens is 200 g/mol. The first-order chi connectivity index (χ1) is 7.72. The van der Waals surface area contributed by atoms with Crippen LogP contribution in [0, 0.1) is 0 Å². The molecule has 0 bridgehead atoms. The topological polar surface area (TPSA) is 49.5 Å². The zero-order valence-corrected chi connectivity index (χ0v) is 9.76. The quantitative estimate of drug-likeness (QED) is 0.814. The van der Waals surface area contributed by atoms with Crippen molar-refractivity contribution in [2.45, 2.75) is 31.8 Å². The van der Waals surface area contributed by atoms with Crippen molar-refractivity contribution < 1.29 is 5.11 Å². The summed E-state index contributed by atoms with van der Waals surface area (Å²) >= 11 is 0. The highest BCUT2D eigenvalue weighted by atomic mass is 16.3. The van der Waals surface area contributed by atoms with E-state index in [9.17, 15) is 5.11 Å². The van der Waals surface area contributed by atoms with Gasteiger partial charge in [0.15, 0.2) is 0 Å². The van der Waals surface area contributed by atoms with Crippen molar-refractivity contribution in [2.75, 3.05) is 18.1 Å². The highest BCUT2D eigenvalue weighted by Gasteiger charge is 2.23. The highest BCUT2D eigenvalue weighted by molar-refractivity contribution is 5.49. The Kier molecular flexibility index (Phi) is 3.46. The minimum atomic E-state index is 0.0845. The van der Waals surface area contributed by atoms with Gasteiger partial charge in [0.05, 0.1) is 12.6 Å². The van der Waals surface area contributed by atoms with Crippen LogP contribution in [0.4, 0.5) is 5.69 Å². The number of hydrogen-bond acceptors (Lipinski definition) is 3. The van der Waals surface area contributed by atoms with Crippen molar-refractivity contribution >= 4 is 5.69 Å². The largest absolute Gasteiger partial charge is 0.394 e. The third kappa shape index (κ3) is 2.20. The molecule has 0 amide bonds. The van der Waals surface area contributed by atoms with Crippen molar-refractivity contribution in [1.29, 1.82) is 0 Å². The van der Waals surface area contributed by atoms with Crippen molar-refractivity contribution in [2.24, 2.45) is 5.73 Å². The molecule has 2 rings (SSSR count). The minimum absolute atomic E-state index is 0.0845. The molecule has 1 fully saturated rings. The fourth-order valence-corrected chi connectivity index (χ4v) is 2.33. The molecule has 2 unspecified atom stereocenters. The summed E-state index contributed by atoms with van der Waals surface area (Å²) in [6.45, 7) is 3.28. The van der Waals surface area contributed by atoms with Gasteiger partial charge in [-0.2, -0.15) is 0 Å². The summed E-state index contributed by atoms with van der Waals surface area (Å²) in [4.78, 5) is 2.28. The molecule has 1 heterocycles. The molecule has 3 N–H and O–H groups in total. The predicted molar refractivity (Wildman–Crippen MR) is 66.5 cm³/mol. The zero-order chi connectivity index (χ0) is 11.5. The second kappa shape index (κ2) is 4.85. The molecule has 0 saturated carbocycles. The summed E-state index contributed by atoms with van der Waals surface area (Å²) in [7, 11) is 0. The van der Waals surface area contributed by atoms with Gasteiger partial charge in [0.25, 0.3) is 0 Å². The van der Waals surface area contributed by atoms with Gasteiger partial charge in [-0.25, -0.2) is 0 Å².